The predicted molar refractivity (Wildman–Crippen MR) is 92.4 cm³/mol. The smallest absolute Gasteiger partial charge is 0.287 e. The van der Waals surface area contributed by atoms with Gasteiger partial charge in [0.1, 0.15) is 11.8 Å². The Morgan fingerprint density at radius 2 is 2.16 bits per heavy atom. The molecule has 0 fully saturated rings. The van der Waals surface area contributed by atoms with Crippen molar-refractivity contribution in [3.05, 3.63) is 53.5 Å². The van der Waals surface area contributed by atoms with Crippen molar-refractivity contribution >= 4 is 11.8 Å². The van der Waals surface area contributed by atoms with Crippen LogP contribution in [0.4, 0.5) is 0 Å². The largest absolute Gasteiger partial charge is 0.494 e. The van der Waals surface area contributed by atoms with Crippen molar-refractivity contribution in [3.8, 4) is 5.75 Å². The quantitative estimate of drug-likeness (QED) is 0.905. The summed E-state index contributed by atoms with van der Waals surface area (Å²) in [5.41, 5.74) is 2.33. The summed E-state index contributed by atoms with van der Waals surface area (Å²) in [6.07, 6.45) is 2.23. The predicted octanol–water partition coefficient (Wildman–Crippen LogP) is 2.38. The van der Waals surface area contributed by atoms with Crippen LogP contribution in [0.3, 0.4) is 0 Å². The number of carbonyl (C=O) groups excluding carboxylic acids is 2. The molecule has 0 radical (unpaired) electrons. The van der Waals surface area contributed by atoms with Crippen molar-refractivity contribution in [1.29, 1.82) is 0 Å². The van der Waals surface area contributed by atoms with Crippen LogP contribution >= 0.6 is 0 Å². The van der Waals surface area contributed by atoms with E-state index < -0.39 is 6.04 Å². The van der Waals surface area contributed by atoms with Crippen LogP contribution in [0, 0.1) is 0 Å². The fourth-order valence-electron chi connectivity index (χ4n) is 2.99. The van der Waals surface area contributed by atoms with Gasteiger partial charge in [-0.25, -0.2) is 0 Å². The van der Waals surface area contributed by atoms with E-state index in [0.717, 1.165) is 17.7 Å². The van der Waals surface area contributed by atoms with Gasteiger partial charge in [0.2, 0.25) is 5.91 Å². The van der Waals surface area contributed by atoms with E-state index in [9.17, 15) is 9.59 Å². The Labute approximate surface area is 146 Å². The highest BCUT2D eigenvalue weighted by Gasteiger charge is 2.26. The Morgan fingerprint density at radius 3 is 2.88 bits per heavy atom. The maximum atomic E-state index is 12.7. The molecule has 1 aliphatic heterocycles. The maximum absolute atomic E-state index is 12.7. The number of benzene rings is 1. The maximum Gasteiger partial charge on any atom is 0.287 e. The molecule has 25 heavy (non-hydrogen) atoms. The first kappa shape index (κ1) is 17.1. The van der Waals surface area contributed by atoms with Gasteiger partial charge in [0.25, 0.3) is 5.91 Å². The normalized spacial score (nSPS) is 14.6. The second kappa shape index (κ2) is 7.42. The standard InChI is InChI=1S/C19H22N2O4/c1-3-24-16-7-6-14-8-9-21(12-15(14)11-16)19(23)13(2)20-18(22)17-5-4-10-25-17/h4-7,10-11,13H,3,8-9,12H2,1-2H3,(H,20,22). The van der Waals surface area contributed by atoms with E-state index in [0.29, 0.717) is 19.7 Å². The topological polar surface area (TPSA) is 71.8 Å². The molecule has 2 amide bonds. The number of rotatable bonds is 5. The van der Waals surface area contributed by atoms with Gasteiger partial charge in [0.15, 0.2) is 5.76 Å². The van der Waals surface area contributed by atoms with E-state index in [2.05, 4.69) is 11.4 Å². The third-order valence-electron chi connectivity index (χ3n) is 4.28. The first-order chi connectivity index (χ1) is 12.1. The van der Waals surface area contributed by atoms with Crippen LogP contribution < -0.4 is 10.1 Å². The zero-order valence-electron chi connectivity index (χ0n) is 14.5. The third kappa shape index (κ3) is 3.84. The van der Waals surface area contributed by atoms with E-state index in [-0.39, 0.29) is 17.6 Å². The lowest BCUT2D eigenvalue weighted by atomic mass is 9.99. The Kier molecular flexibility index (Phi) is 5.07. The van der Waals surface area contributed by atoms with Crippen molar-refractivity contribution in [2.45, 2.75) is 32.9 Å². The molecule has 132 valence electrons. The molecule has 0 saturated carbocycles. The molecular formula is C19H22N2O4. The Hall–Kier alpha value is -2.76. The summed E-state index contributed by atoms with van der Waals surface area (Å²) in [7, 11) is 0. The van der Waals surface area contributed by atoms with E-state index in [1.54, 1.807) is 24.0 Å². The molecule has 2 aromatic rings. The molecule has 0 saturated heterocycles. The molecule has 1 atom stereocenters. The lowest BCUT2D eigenvalue weighted by Crippen LogP contribution is -2.48. The van der Waals surface area contributed by atoms with Gasteiger partial charge in [-0.05, 0) is 55.7 Å². The Balaban J connectivity index is 1.65. The fraction of sp³-hybridized carbons (Fsp3) is 0.368. The molecule has 1 aromatic heterocycles. The lowest BCUT2D eigenvalue weighted by Gasteiger charge is -2.31. The molecule has 1 aromatic carbocycles. The summed E-state index contributed by atoms with van der Waals surface area (Å²) in [5.74, 6) is 0.522. The van der Waals surface area contributed by atoms with Crippen LogP contribution in [0.5, 0.6) is 5.75 Å². The molecule has 1 aliphatic rings. The molecule has 6 heteroatoms. The van der Waals surface area contributed by atoms with Crippen molar-refractivity contribution in [3.63, 3.8) is 0 Å². The van der Waals surface area contributed by atoms with Crippen molar-refractivity contribution in [2.75, 3.05) is 13.2 Å². The number of nitrogens with one attached hydrogen (secondary N) is 1. The minimum absolute atomic E-state index is 0.104. The molecule has 1 unspecified atom stereocenters. The zero-order chi connectivity index (χ0) is 17.8. The van der Waals surface area contributed by atoms with Gasteiger partial charge < -0.3 is 19.4 Å². The number of furan rings is 1. The average Bonchev–Trinajstić information content (AvgIpc) is 3.15. The molecule has 2 heterocycles. The molecule has 0 bridgehead atoms. The Morgan fingerprint density at radius 1 is 1.32 bits per heavy atom. The van der Waals surface area contributed by atoms with Gasteiger partial charge in [-0.2, -0.15) is 0 Å². The van der Waals surface area contributed by atoms with Crippen molar-refractivity contribution in [2.24, 2.45) is 0 Å². The second-order valence-electron chi connectivity index (χ2n) is 6.05. The lowest BCUT2D eigenvalue weighted by molar-refractivity contribution is -0.133. The number of hydrogen-bond acceptors (Lipinski definition) is 4. The number of ether oxygens (including phenoxy) is 1. The highest BCUT2D eigenvalue weighted by Crippen LogP contribution is 2.24. The minimum atomic E-state index is -0.616. The molecule has 3 rings (SSSR count). The van der Waals surface area contributed by atoms with Crippen LogP contribution in [0.25, 0.3) is 0 Å². The average molecular weight is 342 g/mol. The SMILES string of the molecule is CCOc1ccc2c(c1)CN(C(=O)C(C)NC(=O)c1ccco1)CC2. The molecule has 0 aliphatic carbocycles. The van der Waals surface area contributed by atoms with Crippen LogP contribution in [0.2, 0.25) is 0 Å². The number of fused-ring (bicyclic) bond motifs is 1. The van der Waals surface area contributed by atoms with Gasteiger partial charge in [-0.1, -0.05) is 6.07 Å². The minimum Gasteiger partial charge on any atom is -0.494 e. The number of nitrogens with zero attached hydrogens (tertiary/aromatic N) is 1. The molecule has 1 N–H and O–H groups in total. The van der Waals surface area contributed by atoms with Gasteiger partial charge >= 0.3 is 0 Å². The fourth-order valence-corrected chi connectivity index (χ4v) is 2.99. The second-order valence-corrected chi connectivity index (χ2v) is 6.05. The van der Waals surface area contributed by atoms with Gasteiger partial charge in [-0.3, -0.25) is 9.59 Å². The monoisotopic (exact) mass is 342 g/mol. The van der Waals surface area contributed by atoms with E-state index in [4.69, 9.17) is 9.15 Å². The number of hydrogen-bond donors (Lipinski definition) is 1. The molecule has 0 spiro atoms. The number of carbonyl (C=O) groups is 2. The van der Waals surface area contributed by atoms with Crippen molar-refractivity contribution in [1.82, 2.24) is 10.2 Å². The van der Waals surface area contributed by atoms with Crippen molar-refractivity contribution < 1.29 is 18.7 Å². The van der Waals surface area contributed by atoms with Gasteiger partial charge in [0.05, 0.1) is 12.9 Å². The summed E-state index contributed by atoms with van der Waals surface area (Å²) >= 11 is 0. The summed E-state index contributed by atoms with van der Waals surface area (Å²) in [6.45, 7) is 5.40. The van der Waals surface area contributed by atoms with Crippen LogP contribution in [-0.4, -0.2) is 35.9 Å². The summed E-state index contributed by atoms with van der Waals surface area (Å²) in [6, 6.07) is 8.60. The third-order valence-corrected chi connectivity index (χ3v) is 4.28. The van der Waals surface area contributed by atoms with Crippen LogP contribution in [-0.2, 0) is 17.8 Å². The highest BCUT2D eigenvalue weighted by atomic mass is 16.5. The highest BCUT2D eigenvalue weighted by molar-refractivity contribution is 5.95. The van der Waals surface area contributed by atoms with E-state index >= 15 is 0 Å². The van der Waals surface area contributed by atoms with Gasteiger partial charge in [-0.15, -0.1) is 0 Å². The molecular weight excluding hydrogens is 320 g/mol. The van der Waals surface area contributed by atoms with Gasteiger partial charge in [0, 0.05) is 13.1 Å². The first-order valence-electron chi connectivity index (χ1n) is 8.46. The van der Waals surface area contributed by atoms with E-state index in [1.165, 1.54) is 11.8 Å². The van der Waals surface area contributed by atoms with E-state index in [1.807, 2.05) is 19.1 Å². The Bertz CT molecular complexity index is 755. The summed E-state index contributed by atoms with van der Waals surface area (Å²) in [5, 5.41) is 2.69. The number of amides is 2. The first-order valence-corrected chi connectivity index (χ1v) is 8.46. The molecule has 6 nitrogen and oxygen atoms in total. The summed E-state index contributed by atoms with van der Waals surface area (Å²) < 4.78 is 10.6. The zero-order valence-corrected chi connectivity index (χ0v) is 14.5. The van der Waals surface area contributed by atoms with Crippen LogP contribution in [0.1, 0.15) is 35.5 Å². The summed E-state index contributed by atoms with van der Waals surface area (Å²) in [4.78, 5) is 26.5. The van der Waals surface area contributed by atoms with Crippen LogP contribution in [0.15, 0.2) is 41.0 Å².